The number of aliphatic hydroxyl groups is 6. The highest BCUT2D eigenvalue weighted by Crippen LogP contribution is 2.49. The number of phosphoric ester groups is 2. The summed E-state index contributed by atoms with van der Waals surface area (Å²) in [5, 5.41) is 62.1. The Kier molecular flexibility index (Phi) is 34.7. The predicted octanol–water partition coefficient (Wildman–Crippen LogP) is 6.78. The van der Waals surface area contributed by atoms with Gasteiger partial charge < -0.3 is 54.8 Å². The van der Waals surface area contributed by atoms with Crippen molar-refractivity contribution >= 4 is 27.6 Å². The Morgan fingerprint density at radius 1 is 0.537 bits per heavy atom. The first-order valence-corrected chi connectivity index (χ1v) is 26.7. The van der Waals surface area contributed by atoms with Gasteiger partial charge in [0.15, 0.2) is 6.10 Å². The van der Waals surface area contributed by atoms with Gasteiger partial charge in [0, 0.05) is 12.8 Å². The number of aliphatic hydroxyl groups excluding tert-OH is 6. The van der Waals surface area contributed by atoms with Gasteiger partial charge in [-0.2, -0.15) is 0 Å². The van der Waals surface area contributed by atoms with Gasteiger partial charge >= 0.3 is 27.6 Å². The number of unbranched alkanes of at least 4 members (excludes halogenated alkanes) is 8. The maximum atomic E-state index is 13.0. The number of carbonyl (C=O) groups is 2. The second-order valence-electron chi connectivity index (χ2n) is 16.4. The maximum absolute atomic E-state index is 13.0. The van der Waals surface area contributed by atoms with Crippen LogP contribution in [0.25, 0.3) is 0 Å². The Morgan fingerprint density at radius 2 is 1.00 bits per heavy atom. The van der Waals surface area contributed by atoms with Crippen LogP contribution < -0.4 is 0 Å². The smallest absolute Gasteiger partial charge is 0.462 e. The highest BCUT2D eigenvalue weighted by molar-refractivity contribution is 7.47. The van der Waals surface area contributed by atoms with E-state index >= 15 is 0 Å². The molecule has 20 heteroatoms. The molecule has 7 unspecified atom stereocenters. The lowest BCUT2D eigenvalue weighted by atomic mass is 9.85. The van der Waals surface area contributed by atoms with Crippen molar-refractivity contribution in [1.29, 1.82) is 0 Å². The number of allylic oxidation sites excluding steroid dienone is 11. The first-order valence-electron chi connectivity index (χ1n) is 23.6. The van der Waals surface area contributed by atoms with Gasteiger partial charge in [-0.1, -0.05) is 112 Å². The molecule has 1 fully saturated rings. The number of ether oxygens (including phenoxy) is 2. The topological polar surface area (TPSA) is 296 Å². The summed E-state index contributed by atoms with van der Waals surface area (Å²) in [4.78, 5) is 54.3. The molecule has 0 aliphatic heterocycles. The first-order chi connectivity index (χ1) is 31.9. The van der Waals surface area contributed by atoms with Crippen molar-refractivity contribution in [2.75, 3.05) is 13.2 Å². The van der Waals surface area contributed by atoms with Crippen LogP contribution in [0.4, 0.5) is 0 Å². The lowest BCUT2D eigenvalue weighted by Crippen LogP contribution is -2.64. The zero-order valence-corrected chi connectivity index (χ0v) is 41.1. The van der Waals surface area contributed by atoms with Crippen molar-refractivity contribution in [3.63, 3.8) is 0 Å². The van der Waals surface area contributed by atoms with Crippen LogP contribution in [0.5, 0.6) is 0 Å². The number of rotatable bonds is 38. The van der Waals surface area contributed by atoms with E-state index in [-0.39, 0.29) is 32.1 Å². The maximum Gasteiger partial charge on any atom is 0.472 e. The summed E-state index contributed by atoms with van der Waals surface area (Å²) >= 11 is 0. The molecule has 1 rings (SSSR count). The number of carbonyl (C=O) groups excluding carboxylic acids is 2. The molecule has 9 N–H and O–H groups in total. The second-order valence-corrected chi connectivity index (χ2v) is 19.0. The van der Waals surface area contributed by atoms with Crippen LogP contribution in [0.15, 0.2) is 72.9 Å². The molecule has 0 radical (unpaired) electrons. The third-order valence-electron chi connectivity index (χ3n) is 10.5. The molecule has 0 heterocycles. The average molecular weight is 995 g/mol. The fourth-order valence-corrected chi connectivity index (χ4v) is 8.14. The molecule has 1 aliphatic rings. The van der Waals surface area contributed by atoms with Crippen molar-refractivity contribution in [1.82, 2.24) is 0 Å². The van der Waals surface area contributed by atoms with Gasteiger partial charge in [-0.15, -0.1) is 0 Å². The molecular formula is C47H80O18P2. The van der Waals surface area contributed by atoms with Gasteiger partial charge in [0.25, 0.3) is 0 Å². The zero-order valence-electron chi connectivity index (χ0n) is 39.3. The highest BCUT2D eigenvalue weighted by atomic mass is 31.2. The standard InChI is InChI=1S/C47H80O18P2/c1-3-5-7-9-11-13-15-17-18-19-21-23-25-27-29-33-40(50)61-35-37(36-62-67(59,60)65-47-44(54)42(52)43(53)46(45(47)55)64-66(56,57)58)63-41(51)34-30-32-39(49)38(48)31-28-26-24-22-20-16-14-12-10-8-6-4-2/h11-14,17-18,20-23,26,28,37-39,42-49,52-55H,3-10,15-16,19,24-25,27,29-36H2,1-2H3,(H,59,60)(H2,56,57,58)/b13-11-,14-12-,18-17-,22-20-,23-21-,28-26-/t37-,38?,39?,42?,43?,44?,45?,46-,47+/m1/s1. The van der Waals surface area contributed by atoms with E-state index in [4.69, 9.17) is 18.5 Å². The predicted molar refractivity (Wildman–Crippen MR) is 253 cm³/mol. The molecule has 0 aromatic carbocycles. The summed E-state index contributed by atoms with van der Waals surface area (Å²) < 4.78 is 49.1. The van der Waals surface area contributed by atoms with Crippen LogP contribution in [0.1, 0.15) is 142 Å². The van der Waals surface area contributed by atoms with Crippen LogP contribution >= 0.6 is 15.6 Å². The van der Waals surface area contributed by atoms with E-state index in [9.17, 15) is 64.0 Å². The quantitative estimate of drug-likeness (QED) is 0.0133. The summed E-state index contributed by atoms with van der Waals surface area (Å²) in [6.45, 7) is 2.76. The van der Waals surface area contributed by atoms with Gasteiger partial charge in [-0.25, -0.2) is 9.13 Å². The molecule has 67 heavy (non-hydrogen) atoms. The van der Waals surface area contributed by atoms with Crippen molar-refractivity contribution in [2.24, 2.45) is 0 Å². The molecule has 0 saturated heterocycles. The molecule has 386 valence electrons. The van der Waals surface area contributed by atoms with Gasteiger partial charge in [-0.3, -0.25) is 23.2 Å². The van der Waals surface area contributed by atoms with E-state index in [1.54, 1.807) is 6.08 Å². The van der Waals surface area contributed by atoms with Crippen LogP contribution in [0.3, 0.4) is 0 Å². The fourth-order valence-electron chi connectivity index (χ4n) is 6.60. The van der Waals surface area contributed by atoms with E-state index in [0.717, 1.165) is 38.5 Å². The minimum atomic E-state index is -5.40. The Labute approximate surface area is 397 Å². The number of hydrogen-bond acceptors (Lipinski definition) is 15. The summed E-state index contributed by atoms with van der Waals surface area (Å²) in [6, 6.07) is 0. The molecule has 0 aromatic heterocycles. The van der Waals surface area contributed by atoms with Crippen LogP contribution in [0, 0.1) is 0 Å². The summed E-state index contributed by atoms with van der Waals surface area (Å²) in [7, 11) is -10.8. The monoisotopic (exact) mass is 994 g/mol. The molecule has 0 bridgehead atoms. The lowest BCUT2D eigenvalue weighted by Gasteiger charge is -2.43. The molecule has 10 atom stereocenters. The van der Waals surface area contributed by atoms with Crippen LogP contribution in [-0.2, 0) is 41.8 Å². The molecular weight excluding hydrogens is 914 g/mol. The molecule has 0 spiro atoms. The first kappa shape index (κ1) is 62.4. The van der Waals surface area contributed by atoms with E-state index in [1.807, 2.05) is 24.3 Å². The molecule has 1 aliphatic carbocycles. The Bertz CT molecular complexity index is 1610. The molecule has 18 nitrogen and oxygen atoms in total. The highest BCUT2D eigenvalue weighted by Gasteiger charge is 2.54. The third-order valence-corrected chi connectivity index (χ3v) is 12.0. The van der Waals surface area contributed by atoms with Crippen molar-refractivity contribution in [3.8, 4) is 0 Å². The lowest BCUT2D eigenvalue weighted by molar-refractivity contribution is -0.216. The van der Waals surface area contributed by atoms with E-state index in [1.165, 1.54) is 38.5 Å². The number of hydrogen-bond donors (Lipinski definition) is 9. The Morgan fingerprint density at radius 3 is 1.51 bits per heavy atom. The second kappa shape index (κ2) is 37.2. The normalized spacial score (nSPS) is 23.0. The van der Waals surface area contributed by atoms with E-state index < -0.39 is 95.7 Å². The minimum absolute atomic E-state index is 0.00784. The number of phosphoric acid groups is 2. The summed E-state index contributed by atoms with van der Waals surface area (Å²) in [6.07, 6.45) is 21.5. The largest absolute Gasteiger partial charge is 0.472 e. The number of esters is 2. The van der Waals surface area contributed by atoms with Gasteiger partial charge in [-0.05, 0) is 89.9 Å². The molecule has 1 saturated carbocycles. The fraction of sp³-hybridized carbons (Fsp3) is 0.702. The zero-order chi connectivity index (χ0) is 49.9. The van der Waals surface area contributed by atoms with Gasteiger partial charge in [0.1, 0.15) is 43.2 Å². The average Bonchev–Trinajstić information content (AvgIpc) is 3.28. The summed E-state index contributed by atoms with van der Waals surface area (Å²) in [5.41, 5.74) is 0. The van der Waals surface area contributed by atoms with Gasteiger partial charge in [0.05, 0.1) is 18.8 Å². The third kappa shape index (κ3) is 31.3. The van der Waals surface area contributed by atoms with E-state index in [0.29, 0.717) is 19.3 Å². The van der Waals surface area contributed by atoms with Crippen molar-refractivity contribution in [2.45, 2.75) is 197 Å². The van der Waals surface area contributed by atoms with Crippen LogP contribution in [-0.4, -0.2) is 125 Å². The Hall–Kier alpha value is -2.64. The molecule has 0 amide bonds. The van der Waals surface area contributed by atoms with Crippen LogP contribution in [0.2, 0.25) is 0 Å². The minimum Gasteiger partial charge on any atom is -0.462 e. The Balaban J connectivity index is 2.75. The van der Waals surface area contributed by atoms with Gasteiger partial charge in [0.2, 0.25) is 0 Å². The van der Waals surface area contributed by atoms with E-state index in [2.05, 4.69) is 60.9 Å². The van der Waals surface area contributed by atoms with Crippen molar-refractivity contribution < 1.29 is 87.1 Å². The van der Waals surface area contributed by atoms with Crippen molar-refractivity contribution in [3.05, 3.63) is 72.9 Å². The summed E-state index contributed by atoms with van der Waals surface area (Å²) in [5.74, 6) is -1.54. The SMILES string of the molecule is CCCCC/C=C\C/C=C\C/C=C\CCCCC(=O)OC[C@H](COP(=O)(O)O[C@H]1C(O)C(O)C(O)[C@@H](OP(=O)(O)O)C1O)OC(=O)CCCC(O)C(O)C/C=C\C/C=C\C/C=C\CCCCC. The molecule has 0 aromatic rings.